The Balaban J connectivity index is 1.53. The third-order valence-corrected chi connectivity index (χ3v) is 6.28. The summed E-state index contributed by atoms with van der Waals surface area (Å²) < 4.78 is 21.1. The maximum Gasteiger partial charge on any atom is 0.274 e. The molecule has 1 N–H and O–H groups in total. The number of nitrogens with zero attached hydrogens (tertiary/aromatic N) is 3. The van der Waals surface area contributed by atoms with E-state index in [1.54, 1.807) is 6.07 Å². The summed E-state index contributed by atoms with van der Waals surface area (Å²) in [5.74, 6) is 0.271. The van der Waals surface area contributed by atoms with Gasteiger partial charge in [0.05, 0.1) is 13.2 Å². The van der Waals surface area contributed by atoms with Crippen molar-refractivity contribution in [3.63, 3.8) is 0 Å². The van der Waals surface area contributed by atoms with Gasteiger partial charge in [-0.25, -0.2) is 4.39 Å². The van der Waals surface area contributed by atoms with Gasteiger partial charge in [0.15, 0.2) is 5.69 Å². The lowest BCUT2D eigenvalue weighted by atomic mass is 9.90. The van der Waals surface area contributed by atoms with Crippen molar-refractivity contribution < 1.29 is 13.9 Å². The lowest BCUT2D eigenvalue weighted by Crippen LogP contribution is -2.41. The number of rotatable bonds is 6. The Morgan fingerprint density at radius 1 is 1.32 bits per heavy atom. The number of fused-ring (bicyclic) bond motifs is 1. The molecule has 1 aromatic carbocycles. The van der Waals surface area contributed by atoms with Gasteiger partial charge >= 0.3 is 0 Å². The highest BCUT2D eigenvalue weighted by Gasteiger charge is 2.31. The van der Waals surface area contributed by atoms with Gasteiger partial charge in [0.1, 0.15) is 5.82 Å². The summed E-state index contributed by atoms with van der Waals surface area (Å²) in [6.45, 7) is 10.2. The number of ether oxygens (including phenoxy) is 1. The summed E-state index contributed by atoms with van der Waals surface area (Å²) in [7, 11) is 0. The molecule has 0 spiro atoms. The summed E-state index contributed by atoms with van der Waals surface area (Å²) in [6, 6.07) is 5.16. The number of halogens is 1. The first-order chi connectivity index (χ1) is 14.9. The first-order valence-electron chi connectivity index (χ1n) is 11.4. The molecule has 6 nitrogen and oxygen atoms in total. The van der Waals surface area contributed by atoms with Crippen molar-refractivity contribution in [2.75, 3.05) is 26.3 Å². The summed E-state index contributed by atoms with van der Waals surface area (Å²) in [6.07, 6.45) is 2.65. The normalized spacial score (nSPS) is 19.0. The zero-order valence-electron chi connectivity index (χ0n) is 18.8. The predicted molar refractivity (Wildman–Crippen MR) is 118 cm³/mol. The predicted octanol–water partition coefficient (Wildman–Crippen LogP) is 3.11. The smallest absolute Gasteiger partial charge is 0.274 e. The van der Waals surface area contributed by atoms with Gasteiger partial charge in [0.2, 0.25) is 0 Å². The molecule has 0 unspecified atom stereocenters. The van der Waals surface area contributed by atoms with E-state index in [9.17, 15) is 9.18 Å². The van der Waals surface area contributed by atoms with Crippen LogP contribution in [0.3, 0.4) is 0 Å². The number of hydrogen-bond acceptors (Lipinski definition) is 4. The Hall–Kier alpha value is -2.25. The minimum atomic E-state index is -0.207. The number of morpholine rings is 1. The first kappa shape index (κ1) is 22.0. The number of aryl methyl sites for hydroxylation is 1. The Bertz CT molecular complexity index is 934. The Morgan fingerprint density at radius 2 is 2.10 bits per heavy atom. The van der Waals surface area contributed by atoms with Crippen molar-refractivity contribution in [2.24, 2.45) is 5.92 Å². The molecule has 2 aliphatic rings. The lowest BCUT2D eigenvalue weighted by Gasteiger charge is -2.28. The van der Waals surface area contributed by atoms with E-state index in [-0.39, 0.29) is 17.8 Å². The van der Waals surface area contributed by atoms with Gasteiger partial charge in [-0.05, 0) is 55.4 Å². The van der Waals surface area contributed by atoms with Crippen LogP contribution in [0, 0.1) is 18.7 Å². The van der Waals surface area contributed by atoms with Gasteiger partial charge in [-0.1, -0.05) is 19.9 Å². The fraction of sp³-hybridized carbons (Fsp3) is 0.583. The van der Waals surface area contributed by atoms with Gasteiger partial charge in [0.25, 0.3) is 5.91 Å². The summed E-state index contributed by atoms with van der Waals surface area (Å²) in [4.78, 5) is 15.1. The Kier molecular flexibility index (Phi) is 6.72. The molecule has 168 valence electrons. The Morgan fingerprint density at radius 3 is 2.84 bits per heavy atom. The minimum Gasteiger partial charge on any atom is -0.378 e. The van der Waals surface area contributed by atoms with Crippen molar-refractivity contribution >= 4 is 5.91 Å². The van der Waals surface area contributed by atoms with Crippen LogP contribution >= 0.6 is 0 Å². The van der Waals surface area contributed by atoms with Gasteiger partial charge < -0.3 is 15.0 Å². The molecule has 1 atom stereocenters. The lowest BCUT2D eigenvalue weighted by molar-refractivity contribution is 0.0297. The molecule has 0 saturated carbocycles. The van der Waals surface area contributed by atoms with Gasteiger partial charge in [-0.15, -0.1) is 0 Å². The van der Waals surface area contributed by atoms with Crippen LogP contribution in [0.5, 0.6) is 0 Å². The van der Waals surface area contributed by atoms with E-state index in [4.69, 9.17) is 9.84 Å². The average molecular weight is 429 g/mol. The molecule has 0 bridgehead atoms. The summed E-state index contributed by atoms with van der Waals surface area (Å²) in [5.41, 5.74) is 4.94. The second kappa shape index (κ2) is 9.49. The number of carbonyl (C=O) groups is 1. The largest absolute Gasteiger partial charge is 0.378 e. The van der Waals surface area contributed by atoms with Crippen LogP contribution in [0.2, 0.25) is 0 Å². The molecule has 4 rings (SSSR count). The molecule has 1 saturated heterocycles. The van der Waals surface area contributed by atoms with Crippen LogP contribution in [0.4, 0.5) is 4.39 Å². The van der Waals surface area contributed by atoms with Crippen LogP contribution in [0.25, 0.3) is 0 Å². The van der Waals surface area contributed by atoms with Gasteiger partial charge in [-0.3, -0.25) is 9.48 Å². The molecule has 1 amide bonds. The van der Waals surface area contributed by atoms with Crippen molar-refractivity contribution in [2.45, 2.75) is 59.2 Å². The van der Waals surface area contributed by atoms with Crippen molar-refractivity contribution in [3.8, 4) is 0 Å². The second-order valence-corrected chi connectivity index (χ2v) is 9.15. The molecule has 1 aromatic heterocycles. The van der Waals surface area contributed by atoms with E-state index in [1.807, 2.05) is 17.9 Å². The zero-order valence-corrected chi connectivity index (χ0v) is 18.8. The van der Waals surface area contributed by atoms with Crippen molar-refractivity contribution in [1.82, 2.24) is 20.0 Å². The number of benzene rings is 1. The number of hydrogen-bond donors (Lipinski definition) is 1. The van der Waals surface area contributed by atoms with Crippen LogP contribution in [-0.4, -0.2) is 52.9 Å². The minimum absolute atomic E-state index is 0.0173. The topological polar surface area (TPSA) is 59.4 Å². The third-order valence-electron chi connectivity index (χ3n) is 6.28. The highest BCUT2D eigenvalue weighted by atomic mass is 19.1. The number of aromatic nitrogens is 2. The second-order valence-electron chi connectivity index (χ2n) is 9.15. The van der Waals surface area contributed by atoms with E-state index in [0.29, 0.717) is 44.5 Å². The van der Waals surface area contributed by atoms with Crippen LogP contribution in [-0.2, 0) is 30.7 Å². The molecule has 1 fully saturated rings. The van der Waals surface area contributed by atoms with Crippen molar-refractivity contribution in [1.29, 1.82) is 0 Å². The fourth-order valence-corrected chi connectivity index (χ4v) is 4.53. The van der Waals surface area contributed by atoms with Gasteiger partial charge in [-0.2, -0.15) is 5.10 Å². The van der Waals surface area contributed by atoms with E-state index < -0.39 is 0 Å². The molecule has 1 aliphatic heterocycles. The Labute approximate surface area is 183 Å². The van der Waals surface area contributed by atoms with E-state index in [2.05, 4.69) is 23.8 Å². The molecule has 2 aromatic rings. The van der Waals surface area contributed by atoms with Gasteiger partial charge in [0, 0.05) is 43.5 Å². The number of amides is 1. The standard InChI is InChI=1S/C24H33FN4O2/c1-16(2)15-29-22-7-6-20(26-14-18-12-19(25)5-4-17(18)3)13-21(22)23(27-29)24(30)28-8-10-31-11-9-28/h4-5,12,16,20,26H,6-11,13-15H2,1-3H3/t20-/m1/s1. The number of carbonyl (C=O) groups excluding carboxylic acids is 1. The zero-order chi connectivity index (χ0) is 22.0. The van der Waals surface area contributed by atoms with Crippen LogP contribution in [0.1, 0.15) is 53.1 Å². The molecular weight excluding hydrogens is 395 g/mol. The first-order valence-corrected chi connectivity index (χ1v) is 11.4. The molecule has 0 radical (unpaired) electrons. The monoisotopic (exact) mass is 428 g/mol. The fourth-order valence-electron chi connectivity index (χ4n) is 4.53. The maximum atomic E-state index is 13.6. The quantitative estimate of drug-likeness (QED) is 0.768. The van der Waals surface area contributed by atoms with E-state index >= 15 is 0 Å². The molecule has 31 heavy (non-hydrogen) atoms. The molecule has 7 heteroatoms. The van der Waals surface area contributed by atoms with Crippen molar-refractivity contribution in [3.05, 3.63) is 52.1 Å². The third kappa shape index (κ3) is 4.99. The molecule has 1 aliphatic carbocycles. The van der Waals surface area contributed by atoms with E-state index in [0.717, 1.165) is 42.5 Å². The molecule has 2 heterocycles. The molecular formula is C24H33FN4O2. The SMILES string of the molecule is Cc1ccc(F)cc1CN[C@@H]1CCc2c(c(C(=O)N3CCOCC3)nn2CC(C)C)C1. The highest BCUT2D eigenvalue weighted by molar-refractivity contribution is 5.94. The highest BCUT2D eigenvalue weighted by Crippen LogP contribution is 2.27. The van der Waals surface area contributed by atoms with E-state index in [1.165, 1.54) is 11.8 Å². The van der Waals surface area contributed by atoms with Crippen LogP contribution in [0.15, 0.2) is 18.2 Å². The average Bonchev–Trinajstić information content (AvgIpc) is 3.11. The van der Waals surface area contributed by atoms with Crippen LogP contribution < -0.4 is 5.32 Å². The number of nitrogens with one attached hydrogen (secondary N) is 1. The maximum absolute atomic E-state index is 13.6. The summed E-state index contributed by atoms with van der Waals surface area (Å²) in [5, 5.41) is 8.39. The summed E-state index contributed by atoms with van der Waals surface area (Å²) >= 11 is 0.